The predicted octanol–water partition coefficient (Wildman–Crippen LogP) is 3.93. The zero-order chi connectivity index (χ0) is 11.7. The van der Waals surface area contributed by atoms with Gasteiger partial charge < -0.3 is 4.90 Å². The molecule has 0 N–H and O–H groups in total. The second-order valence-electron chi connectivity index (χ2n) is 5.46. The van der Waals surface area contributed by atoms with Gasteiger partial charge in [0.1, 0.15) is 0 Å². The van der Waals surface area contributed by atoms with Crippen molar-refractivity contribution < 1.29 is 0 Å². The minimum absolute atomic E-state index is 0.684. The highest BCUT2D eigenvalue weighted by molar-refractivity contribution is 5.55. The van der Waals surface area contributed by atoms with E-state index in [9.17, 15) is 0 Å². The molecule has 0 saturated carbocycles. The Bertz CT molecular complexity index is 370. The van der Waals surface area contributed by atoms with Crippen molar-refractivity contribution in [1.29, 1.82) is 0 Å². The SMILES string of the molecule is Cc1ccc(C)c(N2CCC(C)C[C@@H]2C)c1. The minimum atomic E-state index is 0.684. The van der Waals surface area contributed by atoms with Crippen LogP contribution in [0, 0.1) is 19.8 Å². The molecule has 1 saturated heterocycles. The van der Waals surface area contributed by atoms with Gasteiger partial charge >= 0.3 is 0 Å². The van der Waals surface area contributed by atoms with E-state index in [2.05, 4.69) is 50.8 Å². The van der Waals surface area contributed by atoms with Gasteiger partial charge in [0.2, 0.25) is 0 Å². The van der Waals surface area contributed by atoms with Crippen molar-refractivity contribution in [2.75, 3.05) is 11.4 Å². The van der Waals surface area contributed by atoms with Crippen LogP contribution in [-0.4, -0.2) is 12.6 Å². The molecule has 0 spiro atoms. The van der Waals surface area contributed by atoms with Gasteiger partial charge in [-0.3, -0.25) is 0 Å². The molecule has 1 aromatic carbocycles. The van der Waals surface area contributed by atoms with Crippen LogP contribution in [0.15, 0.2) is 18.2 Å². The van der Waals surface area contributed by atoms with Gasteiger partial charge in [-0.15, -0.1) is 0 Å². The monoisotopic (exact) mass is 217 g/mol. The molecule has 1 heterocycles. The molecular formula is C15H23N. The molecule has 16 heavy (non-hydrogen) atoms. The Balaban J connectivity index is 2.26. The highest BCUT2D eigenvalue weighted by Crippen LogP contribution is 2.30. The van der Waals surface area contributed by atoms with E-state index in [1.165, 1.54) is 36.2 Å². The molecule has 1 nitrogen and oxygen atoms in total. The summed E-state index contributed by atoms with van der Waals surface area (Å²) in [7, 11) is 0. The molecule has 0 aliphatic carbocycles. The first-order valence-electron chi connectivity index (χ1n) is 6.42. The number of piperidine rings is 1. The molecule has 1 heteroatoms. The highest BCUT2D eigenvalue weighted by Gasteiger charge is 2.23. The number of anilines is 1. The van der Waals surface area contributed by atoms with Crippen molar-refractivity contribution in [3.8, 4) is 0 Å². The van der Waals surface area contributed by atoms with Crippen LogP contribution in [0.1, 0.15) is 37.8 Å². The van der Waals surface area contributed by atoms with Crippen LogP contribution in [0.3, 0.4) is 0 Å². The average Bonchev–Trinajstić information content (AvgIpc) is 2.22. The summed E-state index contributed by atoms with van der Waals surface area (Å²) in [6.07, 6.45) is 2.66. The minimum Gasteiger partial charge on any atom is -0.369 e. The second-order valence-corrected chi connectivity index (χ2v) is 5.46. The summed E-state index contributed by atoms with van der Waals surface area (Å²) >= 11 is 0. The summed E-state index contributed by atoms with van der Waals surface area (Å²) in [5, 5.41) is 0. The molecule has 1 fully saturated rings. The third kappa shape index (κ3) is 2.23. The van der Waals surface area contributed by atoms with Crippen molar-refractivity contribution in [3.63, 3.8) is 0 Å². The quantitative estimate of drug-likeness (QED) is 0.689. The Morgan fingerprint density at radius 2 is 1.94 bits per heavy atom. The number of benzene rings is 1. The first kappa shape index (κ1) is 11.5. The van der Waals surface area contributed by atoms with Gasteiger partial charge in [-0.05, 0) is 56.7 Å². The average molecular weight is 217 g/mol. The fraction of sp³-hybridized carbons (Fsp3) is 0.600. The van der Waals surface area contributed by atoms with Gasteiger partial charge in [0.15, 0.2) is 0 Å². The van der Waals surface area contributed by atoms with E-state index in [1.807, 2.05) is 0 Å². The summed E-state index contributed by atoms with van der Waals surface area (Å²) in [4.78, 5) is 2.59. The normalized spacial score (nSPS) is 25.9. The smallest absolute Gasteiger partial charge is 0.0400 e. The van der Waals surface area contributed by atoms with Crippen LogP contribution in [0.2, 0.25) is 0 Å². The molecular weight excluding hydrogens is 194 g/mol. The summed E-state index contributed by atoms with van der Waals surface area (Å²) in [5.41, 5.74) is 4.22. The largest absolute Gasteiger partial charge is 0.369 e. The molecule has 2 rings (SSSR count). The maximum Gasteiger partial charge on any atom is 0.0400 e. The van der Waals surface area contributed by atoms with Crippen molar-refractivity contribution >= 4 is 5.69 Å². The fourth-order valence-electron chi connectivity index (χ4n) is 2.79. The molecule has 2 atom stereocenters. The maximum absolute atomic E-state index is 2.59. The molecule has 1 aliphatic rings. The number of aryl methyl sites for hydroxylation is 2. The first-order chi connectivity index (χ1) is 7.58. The lowest BCUT2D eigenvalue weighted by atomic mass is 9.92. The van der Waals surface area contributed by atoms with Gasteiger partial charge in [-0.2, -0.15) is 0 Å². The Hall–Kier alpha value is -0.980. The van der Waals surface area contributed by atoms with E-state index >= 15 is 0 Å². The van der Waals surface area contributed by atoms with Crippen LogP contribution in [0.25, 0.3) is 0 Å². The Labute approximate surface area is 99.5 Å². The van der Waals surface area contributed by atoms with Gasteiger partial charge in [0.25, 0.3) is 0 Å². The summed E-state index contributed by atoms with van der Waals surface area (Å²) < 4.78 is 0. The topological polar surface area (TPSA) is 3.24 Å². The van der Waals surface area contributed by atoms with E-state index in [0.717, 1.165) is 5.92 Å². The lowest BCUT2D eigenvalue weighted by Crippen LogP contribution is -2.40. The van der Waals surface area contributed by atoms with Gasteiger partial charge in [-0.1, -0.05) is 19.1 Å². The molecule has 1 aliphatic heterocycles. The Morgan fingerprint density at radius 1 is 1.19 bits per heavy atom. The molecule has 1 unspecified atom stereocenters. The van der Waals surface area contributed by atoms with E-state index in [-0.39, 0.29) is 0 Å². The van der Waals surface area contributed by atoms with E-state index < -0.39 is 0 Å². The zero-order valence-corrected chi connectivity index (χ0v) is 11.0. The summed E-state index contributed by atoms with van der Waals surface area (Å²) in [6.45, 7) is 10.3. The standard InChI is InChI=1S/C15H23N/c1-11-5-6-13(3)15(10-11)16-8-7-12(2)9-14(16)4/h5-6,10,12,14H,7-9H2,1-4H3/t12?,14-/m0/s1. The van der Waals surface area contributed by atoms with Gasteiger partial charge in [0, 0.05) is 18.3 Å². The van der Waals surface area contributed by atoms with E-state index in [4.69, 9.17) is 0 Å². The predicted molar refractivity (Wildman–Crippen MR) is 71.1 cm³/mol. The number of nitrogens with zero attached hydrogens (tertiary/aromatic N) is 1. The Morgan fingerprint density at radius 3 is 2.62 bits per heavy atom. The van der Waals surface area contributed by atoms with Crippen LogP contribution in [-0.2, 0) is 0 Å². The molecule has 0 radical (unpaired) electrons. The number of rotatable bonds is 1. The molecule has 88 valence electrons. The summed E-state index contributed by atoms with van der Waals surface area (Å²) in [6, 6.07) is 7.47. The molecule has 1 aromatic rings. The van der Waals surface area contributed by atoms with Crippen molar-refractivity contribution in [2.45, 2.75) is 46.6 Å². The van der Waals surface area contributed by atoms with Crippen LogP contribution in [0.5, 0.6) is 0 Å². The van der Waals surface area contributed by atoms with Gasteiger partial charge in [0.05, 0.1) is 0 Å². The number of hydrogen-bond donors (Lipinski definition) is 0. The zero-order valence-electron chi connectivity index (χ0n) is 11.0. The lowest BCUT2D eigenvalue weighted by Gasteiger charge is -2.39. The number of hydrogen-bond acceptors (Lipinski definition) is 1. The Kier molecular flexibility index (Phi) is 3.22. The maximum atomic E-state index is 2.59. The van der Waals surface area contributed by atoms with Crippen LogP contribution in [0.4, 0.5) is 5.69 Å². The molecule has 0 bridgehead atoms. The highest BCUT2D eigenvalue weighted by atomic mass is 15.2. The second kappa shape index (κ2) is 4.48. The van der Waals surface area contributed by atoms with Gasteiger partial charge in [-0.25, -0.2) is 0 Å². The van der Waals surface area contributed by atoms with Crippen LogP contribution >= 0.6 is 0 Å². The van der Waals surface area contributed by atoms with Crippen LogP contribution < -0.4 is 4.90 Å². The molecule has 0 amide bonds. The fourth-order valence-corrected chi connectivity index (χ4v) is 2.79. The van der Waals surface area contributed by atoms with Crippen molar-refractivity contribution in [2.24, 2.45) is 5.92 Å². The third-order valence-corrected chi connectivity index (χ3v) is 3.81. The summed E-state index contributed by atoms with van der Waals surface area (Å²) in [5.74, 6) is 0.886. The van der Waals surface area contributed by atoms with E-state index in [1.54, 1.807) is 0 Å². The lowest BCUT2D eigenvalue weighted by molar-refractivity contribution is 0.377. The van der Waals surface area contributed by atoms with Crippen molar-refractivity contribution in [3.05, 3.63) is 29.3 Å². The first-order valence-corrected chi connectivity index (χ1v) is 6.42. The molecule has 0 aromatic heterocycles. The van der Waals surface area contributed by atoms with E-state index in [0.29, 0.717) is 6.04 Å². The third-order valence-electron chi connectivity index (χ3n) is 3.81. The van der Waals surface area contributed by atoms with Crippen molar-refractivity contribution in [1.82, 2.24) is 0 Å².